The van der Waals surface area contributed by atoms with Crippen molar-refractivity contribution in [3.8, 4) is 5.75 Å². The molecule has 1 rings (SSSR count). The quantitative estimate of drug-likeness (QED) is 0.719. The third-order valence-electron chi connectivity index (χ3n) is 2.91. The first-order chi connectivity index (χ1) is 8.76. The van der Waals surface area contributed by atoms with Gasteiger partial charge in [0.1, 0.15) is 5.75 Å². The average Bonchev–Trinajstić information content (AvgIpc) is 2.42. The molecule has 0 atom stereocenters. The van der Waals surface area contributed by atoms with Crippen LogP contribution in [0.25, 0.3) is 0 Å². The highest BCUT2D eigenvalue weighted by Crippen LogP contribution is 2.08. The minimum atomic E-state index is 0.125. The molecule has 0 unspecified atom stereocenters. The van der Waals surface area contributed by atoms with Crippen LogP contribution in [0.1, 0.15) is 39.5 Å². The summed E-state index contributed by atoms with van der Waals surface area (Å²) in [6.45, 7) is 4.76. The van der Waals surface area contributed by atoms with Crippen molar-refractivity contribution < 1.29 is 9.53 Å². The maximum Gasteiger partial charge on any atom is 0.220 e. The molecule has 100 valence electrons. The Bertz CT molecular complexity index is 334. The summed E-state index contributed by atoms with van der Waals surface area (Å²) < 4.78 is 5.53. The second-order valence-corrected chi connectivity index (χ2v) is 4.35. The fourth-order valence-electron chi connectivity index (χ4n) is 1.73. The molecule has 0 radical (unpaired) electrons. The lowest BCUT2D eigenvalue weighted by molar-refractivity contribution is -0.122. The lowest BCUT2D eigenvalue weighted by Gasteiger charge is -2.14. The molecule has 18 heavy (non-hydrogen) atoms. The van der Waals surface area contributed by atoms with Crippen LogP contribution in [0.15, 0.2) is 30.3 Å². The van der Waals surface area contributed by atoms with Gasteiger partial charge in [-0.15, -0.1) is 0 Å². The van der Waals surface area contributed by atoms with Gasteiger partial charge in [-0.1, -0.05) is 32.0 Å². The SMILES string of the molecule is CCC(CC)NC(=O)CCCOc1ccccc1. The predicted octanol–water partition coefficient (Wildman–Crippen LogP) is 3.15. The number of carbonyl (C=O) groups excluding carboxylic acids is 1. The number of ether oxygens (including phenoxy) is 1. The fourth-order valence-corrected chi connectivity index (χ4v) is 1.73. The lowest BCUT2D eigenvalue weighted by atomic mass is 10.1. The van der Waals surface area contributed by atoms with Crippen molar-refractivity contribution in [3.05, 3.63) is 30.3 Å². The number of hydrogen-bond acceptors (Lipinski definition) is 2. The molecule has 0 saturated heterocycles. The summed E-state index contributed by atoms with van der Waals surface area (Å²) in [5.74, 6) is 0.985. The first kappa shape index (κ1) is 14.6. The Labute approximate surface area is 110 Å². The molecule has 0 saturated carbocycles. The largest absolute Gasteiger partial charge is 0.494 e. The molecule has 3 heteroatoms. The molecule has 1 amide bonds. The number of carbonyl (C=O) groups is 1. The molecule has 3 nitrogen and oxygen atoms in total. The third kappa shape index (κ3) is 5.71. The Hall–Kier alpha value is -1.51. The van der Waals surface area contributed by atoms with Gasteiger partial charge in [-0.05, 0) is 31.4 Å². The molecule has 0 bridgehead atoms. The summed E-state index contributed by atoms with van der Waals surface area (Å²) in [4.78, 5) is 11.6. The monoisotopic (exact) mass is 249 g/mol. The van der Waals surface area contributed by atoms with E-state index in [1.165, 1.54) is 0 Å². The van der Waals surface area contributed by atoms with Crippen LogP contribution in [0.5, 0.6) is 5.75 Å². The van der Waals surface area contributed by atoms with E-state index in [1.54, 1.807) is 0 Å². The summed E-state index contributed by atoms with van der Waals surface area (Å²) in [5, 5.41) is 3.02. The van der Waals surface area contributed by atoms with Gasteiger partial charge in [-0.2, -0.15) is 0 Å². The summed E-state index contributed by atoms with van der Waals surface area (Å²) in [5.41, 5.74) is 0. The van der Waals surface area contributed by atoms with Gasteiger partial charge in [0.2, 0.25) is 5.91 Å². The minimum Gasteiger partial charge on any atom is -0.494 e. The number of amides is 1. The van der Waals surface area contributed by atoms with Crippen molar-refractivity contribution >= 4 is 5.91 Å². The van der Waals surface area contributed by atoms with E-state index in [-0.39, 0.29) is 5.91 Å². The molecule has 0 aliphatic rings. The molecule has 0 aromatic heterocycles. The topological polar surface area (TPSA) is 38.3 Å². The normalized spacial score (nSPS) is 10.4. The molecular weight excluding hydrogens is 226 g/mol. The van der Waals surface area contributed by atoms with Gasteiger partial charge in [0.15, 0.2) is 0 Å². The zero-order chi connectivity index (χ0) is 13.2. The Balaban J connectivity index is 2.12. The highest BCUT2D eigenvalue weighted by Gasteiger charge is 2.07. The summed E-state index contributed by atoms with van der Waals surface area (Å²) in [7, 11) is 0. The zero-order valence-electron chi connectivity index (χ0n) is 11.3. The third-order valence-corrected chi connectivity index (χ3v) is 2.91. The van der Waals surface area contributed by atoms with E-state index in [2.05, 4.69) is 19.2 Å². The average molecular weight is 249 g/mol. The maximum atomic E-state index is 11.6. The van der Waals surface area contributed by atoms with Gasteiger partial charge >= 0.3 is 0 Å². The summed E-state index contributed by atoms with van der Waals surface area (Å²) >= 11 is 0. The highest BCUT2D eigenvalue weighted by atomic mass is 16.5. The smallest absolute Gasteiger partial charge is 0.220 e. The van der Waals surface area contributed by atoms with Gasteiger partial charge < -0.3 is 10.1 Å². The van der Waals surface area contributed by atoms with Crippen LogP contribution in [-0.2, 0) is 4.79 Å². The van der Waals surface area contributed by atoms with Gasteiger partial charge in [-0.25, -0.2) is 0 Å². The highest BCUT2D eigenvalue weighted by molar-refractivity contribution is 5.76. The molecule has 0 aliphatic carbocycles. The zero-order valence-corrected chi connectivity index (χ0v) is 11.3. The van der Waals surface area contributed by atoms with Crippen molar-refractivity contribution in [3.63, 3.8) is 0 Å². The molecule has 0 heterocycles. The first-order valence-electron chi connectivity index (χ1n) is 6.73. The van der Waals surface area contributed by atoms with Gasteiger partial charge in [0.05, 0.1) is 6.61 Å². The number of hydrogen-bond donors (Lipinski definition) is 1. The van der Waals surface area contributed by atoms with Gasteiger partial charge in [0, 0.05) is 12.5 Å². The van der Waals surface area contributed by atoms with Crippen LogP contribution in [-0.4, -0.2) is 18.6 Å². The molecule has 0 fully saturated rings. The van der Waals surface area contributed by atoms with Crippen molar-refractivity contribution in [1.29, 1.82) is 0 Å². The number of para-hydroxylation sites is 1. The molecule has 1 aromatic rings. The fraction of sp³-hybridized carbons (Fsp3) is 0.533. The maximum absolute atomic E-state index is 11.6. The number of benzene rings is 1. The molecule has 0 spiro atoms. The van der Waals surface area contributed by atoms with Gasteiger partial charge in [0.25, 0.3) is 0 Å². The summed E-state index contributed by atoms with van der Waals surface area (Å²) in [6, 6.07) is 9.99. The number of rotatable bonds is 8. The Morgan fingerprint density at radius 2 is 1.89 bits per heavy atom. The minimum absolute atomic E-state index is 0.125. The van der Waals surface area contributed by atoms with Crippen molar-refractivity contribution in [2.24, 2.45) is 0 Å². The second kappa shape index (κ2) is 8.56. The number of nitrogens with one attached hydrogen (secondary N) is 1. The second-order valence-electron chi connectivity index (χ2n) is 4.35. The summed E-state index contributed by atoms with van der Waals surface area (Å²) in [6.07, 6.45) is 3.26. The van der Waals surface area contributed by atoms with Crippen LogP contribution < -0.4 is 10.1 Å². The van der Waals surface area contributed by atoms with Gasteiger partial charge in [-0.3, -0.25) is 4.79 Å². The Morgan fingerprint density at radius 1 is 1.22 bits per heavy atom. The Morgan fingerprint density at radius 3 is 2.50 bits per heavy atom. The standard InChI is InChI=1S/C15H23NO2/c1-3-13(4-2)16-15(17)11-8-12-18-14-9-6-5-7-10-14/h5-7,9-10,13H,3-4,8,11-12H2,1-2H3,(H,16,17). The Kier molecular flexibility index (Phi) is 6.92. The van der Waals surface area contributed by atoms with Crippen molar-refractivity contribution in [2.75, 3.05) is 6.61 Å². The molecule has 0 aliphatic heterocycles. The van der Waals surface area contributed by atoms with Crippen molar-refractivity contribution in [2.45, 2.75) is 45.6 Å². The van der Waals surface area contributed by atoms with E-state index in [0.717, 1.165) is 25.0 Å². The van der Waals surface area contributed by atoms with Crippen LogP contribution in [0.4, 0.5) is 0 Å². The van der Waals surface area contributed by atoms with Crippen molar-refractivity contribution in [1.82, 2.24) is 5.32 Å². The first-order valence-corrected chi connectivity index (χ1v) is 6.73. The van der Waals surface area contributed by atoms with Crippen LogP contribution >= 0.6 is 0 Å². The van der Waals surface area contributed by atoms with E-state index in [0.29, 0.717) is 19.1 Å². The van der Waals surface area contributed by atoms with E-state index >= 15 is 0 Å². The van der Waals surface area contributed by atoms with E-state index in [9.17, 15) is 4.79 Å². The molecule has 1 N–H and O–H groups in total. The van der Waals surface area contributed by atoms with Crippen LogP contribution in [0.3, 0.4) is 0 Å². The predicted molar refractivity (Wildman–Crippen MR) is 73.7 cm³/mol. The molecular formula is C15H23NO2. The van der Waals surface area contributed by atoms with Crippen LogP contribution in [0.2, 0.25) is 0 Å². The van der Waals surface area contributed by atoms with E-state index in [1.807, 2.05) is 30.3 Å². The lowest BCUT2D eigenvalue weighted by Crippen LogP contribution is -2.33. The van der Waals surface area contributed by atoms with E-state index < -0.39 is 0 Å². The van der Waals surface area contributed by atoms with Crippen LogP contribution in [0, 0.1) is 0 Å². The molecule has 1 aromatic carbocycles. The van der Waals surface area contributed by atoms with E-state index in [4.69, 9.17) is 4.74 Å².